The minimum Gasteiger partial charge on any atom is -0.396 e. The van der Waals surface area contributed by atoms with Crippen LogP contribution in [-0.4, -0.2) is 48.2 Å². The number of hydrogen-bond acceptors (Lipinski definition) is 4. The molecule has 4 nitrogen and oxygen atoms in total. The van der Waals surface area contributed by atoms with Gasteiger partial charge < -0.3 is 20.3 Å². The Morgan fingerprint density at radius 1 is 1.47 bits per heavy atom. The first kappa shape index (κ1) is 12.9. The van der Waals surface area contributed by atoms with Crippen molar-refractivity contribution in [2.75, 3.05) is 26.4 Å². The summed E-state index contributed by atoms with van der Waals surface area (Å²) >= 11 is 0. The maximum absolute atomic E-state index is 9.18. The molecule has 15 heavy (non-hydrogen) atoms. The Labute approximate surface area is 91.6 Å². The van der Waals surface area contributed by atoms with Crippen molar-refractivity contribution in [2.24, 2.45) is 5.41 Å². The predicted molar refractivity (Wildman–Crippen MR) is 58.7 cm³/mol. The van der Waals surface area contributed by atoms with Gasteiger partial charge in [-0.2, -0.15) is 0 Å². The van der Waals surface area contributed by atoms with Crippen LogP contribution in [0, 0.1) is 5.41 Å². The quantitative estimate of drug-likeness (QED) is 0.613. The molecule has 4 heteroatoms. The fraction of sp³-hybridized carbons (Fsp3) is 1.00. The summed E-state index contributed by atoms with van der Waals surface area (Å²) in [6, 6.07) is 0. The highest BCUT2D eigenvalue weighted by Gasteiger charge is 2.38. The Bertz CT molecular complexity index is 206. The standard InChI is InChI=1S/C11H23NO3/c1-9-11(3,4-5-15-9)12-6-10(2,7-13)8-14/h9,12-14H,4-8H2,1-3H3. The molecule has 1 saturated heterocycles. The fourth-order valence-electron chi connectivity index (χ4n) is 1.64. The van der Waals surface area contributed by atoms with Crippen molar-refractivity contribution in [3.05, 3.63) is 0 Å². The van der Waals surface area contributed by atoms with E-state index in [1.807, 2.05) is 6.92 Å². The van der Waals surface area contributed by atoms with E-state index >= 15 is 0 Å². The van der Waals surface area contributed by atoms with Crippen LogP contribution in [0.4, 0.5) is 0 Å². The van der Waals surface area contributed by atoms with E-state index in [4.69, 9.17) is 4.74 Å². The molecule has 3 N–H and O–H groups in total. The van der Waals surface area contributed by atoms with Crippen LogP contribution in [0.1, 0.15) is 27.2 Å². The summed E-state index contributed by atoms with van der Waals surface area (Å²) in [5.74, 6) is 0. The first-order valence-electron chi connectivity index (χ1n) is 5.54. The maximum atomic E-state index is 9.18. The Morgan fingerprint density at radius 3 is 2.47 bits per heavy atom. The summed E-state index contributed by atoms with van der Waals surface area (Å²) in [5.41, 5.74) is -0.489. The van der Waals surface area contributed by atoms with Gasteiger partial charge in [0.2, 0.25) is 0 Å². The SMILES string of the molecule is CC1OCCC1(C)NCC(C)(CO)CO. The average molecular weight is 217 g/mol. The van der Waals surface area contributed by atoms with Crippen LogP contribution in [0.3, 0.4) is 0 Å². The number of nitrogens with one attached hydrogen (secondary N) is 1. The summed E-state index contributed by atoms with van der Waals surface area (Å²) in [5, 5.41) is 21.8. The third-order valence-corrected chi connectivity index (χ3v) is 3.57. The lowest BCUT2D eigenvalue weighted by Gasteiger charge is -2.34. The molecule has 0 aliphatic carbocycles. The Morgan fingerprint density at radius 2 is 2.07 bits per heavy atom. The molecule has 1 aliphatic heterocycles. The third kappa shape index (κ3) is 2.91. The van der Waals surface area contributed by atoms with Gasteiger partial charge in [-0.05, 0) is 20.3 Å². The second-order valence-electron chi connectivity index (χ2n) is 5.16. The predicted octanol–water partition coefficient (Wildman–Crippen LogP) is 0.134. The summed E-state index contributed by atoms with van der Waals surface area (Å²) < 4.78 is 5.51. The molecule has 0 aromatic rings. The maximum Gasteiger partial charge on any atom is 0.0726 e. The number of hydrogen-bond donors (Lipinski definition) is 3. The molecule has 0 spiro atoms. The summed E-state index contributed by atoms with van der Waals surface area (Å²) in [6.45, 7) is 7.40. The van der Waals surface area contributed by atoms with E-state index in [2.05, 4.69) is 19.2 Å². The number of ether oxygens (including phenoxy) is 1. The van der Waals surface area contributed by atoms with E-state index < -0.39 is 5.41 Å². The lowest BCUT2D eigenvalue weighted by Crippen LogP contribution is -2.52. The van der Waals surface area contributed by atoms with Crippen molar-refractivity contribution in [3.8, 4) is 0 Å². The van der Waals surface area contributed by atoms with E-state index in [0.717, 1.165) is 13.0 Å². The molecule has 90 valence electrons. The van der Waals surface area contributed by atoms with Crippen LogP contribution in [0.25, 0.3) is 0 Å². The van der Waals surface area contributed by atoms with Gasteiger partial charge in [-0.25, -0.2) is 0 Å². The van der Waals surface area contributed by atoms with Crippen molar-refractivity contribution < 1.29 is 14.9 Å². The van der Waals surface area contributed by atoms with Crippen molar-refractivity contribution in [2.45, 2.75) is 38.8 Å². The van der Waals surface area contributed by atoms with Gasteiger partial charge in [-0.15, -0.1) is 0 Å². The number of aliphatic hydroxyl groups excluding tert-OH is 2. The van der Waals surface area contributed by atoms with Crippen LogP contribution in [0.15, 0.2) is 0 Å². The van der Waals surface area contributed by atoms with Gasteiger partial charge in [-0.1, -0.05) is 6.92 Å². The van der Waals surface area contributed by atoms with E-state index in [0.29, 0.717) is 6.54 Å². The minimum absolute atomic E-state index is 0.0121. The smallest absolute Gasteiger partial charge is 0.0726 e. The molecule has 0 aromatic heterocycles. The van der Waals surface area contributed by atoms with Gasteiger partial charge in [0.25, 0.3) is 0 Å². The zero-order valence-electron chi connectivity index (χ0n) is 9.92. The van der Waals surface area contributed by atoms with E-state index in [9.17, 15) is 10.2 Å². The van der Waals surface area contributed by atoms with Crippen molar-refractivity contribution in [1.82, 2.24) is 5.32 Å². The summed E-state index contributed by atoms with van der Waals surface area (Å²) in [4.78, 5) is 0. The second kappa shape index (κ2) is 4.78. The topological polar surface area (TPSA) is 61.7 Å². The minimum atomic E-state index is -0.453. The zero-order chi connectivity index (χ0) is 11.5. The Kier molecular flexibility index (Phi) is 4.12. The van der Waals surface area contributed by atoms with Crippen molar-refractivity contribution in [1.29, 1.82) is 0 Å². The number of rotatable bonds is 5. The highest BCUT2D eigenvalue weighted by atomic mass is 16.5. The van der Waals surface area contributed by atoms with E-state index in [-0.39, 0.29) is 24.9 Å². The molecule has 1 aliphatic rings. The molecule has 0 bridgehead atoms. The molecule has 0 radical (unpaired) electrons. The molecule has 0 aromatic carbocycles. The van der Waals surface area contributed by atoms with Crippen LogP contribution in [0.2, 0.25) is 0 Å². The monoisotopic (exact) mass is 217 g/mol. The zero-order valence-corrected chi connectivity index (χ0v) is 9.92. The second-order valence-corrected chi connectivity index (χ2v) is 5.16. The lowest BCUT2D eigenvalue weighted by atomic mass is 9.89. The van der Waals surface area contributed by atoms with Gasteiger partial charge in [0.15, 0.2) is 0 Å². The number of aliphatic hydroxyl groups is 2. The molecule has 1 rings (SSSR count). The molecule has 1 fully saturated rings. The Balaban J connectivity index is 2.48. The van der Waals surface area contributed by atoms with E-state index in [1.165, 1.54) is 0 Å². The van der Waals surface area contributed by atoms with Gasteiger partial charge in [0, 0.05) is 24.1 Å². The molecule has 2 atom stereocenters. The average Bonchev–Trinajstić information content (AvgIpc) is 2.57. The van der Waals surface area contributed by atoms with Gasteiger partial charge in [-0.3, -0.25) is 0 Å². The largest absolute Gasteiger partial charge is 0.396 e. The first-order valence-corrected chi connectivity index (χ1v) is 5.54. The normalized spacial score (nSPS) is 32.2. The summed E-state index contributed by atoms with van der Waals surface area (Å²) in [7, 11) is 0. The molecular weight excluding hydrogens is 194 g/mol. The third-order valence-electron chi connectivity index (χ3n) is 3.57. The van der Waals surface area contributed by atoms with Crippen LogP contribution in [-0.2, 0) is 4.74 Å². The molecule has 2 unspecified atom stereocenters. The van der Waals surface area contributed by atoms with Crippen molar-refractivity contribution in [3.63, 3.8) is 0 Å². The van der Waals surface area contributed by atoms with Gasteiger partial charge >= 0.3 is 0 Å². The van der Waals surface area contributed by atoms with Gasteiger partial charge in [0.05, 0.1) is 19.3 Å². The first-order chi connectivity index (χ1) is 6.96. The molecule has 0 amide bonds. The van der Waals surface area contributed by atoms with Crippen LogP contribution < -0.4 is 5.32 Å². The van der Waals surface area contributed by atoms with Crippen molar-refractivity contribution >= 4 is 0 Å². The fourth-order valence-corrected chi connectivity index (χ4v) is 1.64. The molecular formula is C11H23NO3. The van der Waals surface area contributed by atoms with Crippen LogP contribution >= 0.6 is 0 Å². The molecule has 1 heterocycles. The summed E-state index contributed by atoms with van der Waals surface area (Å²) in [6.07, 6.45) is 1.15. The highest BCUT2D eigenvalue weighted by Crippen LogP contribution is 2.26. The highest BCUT2D eigenvalue weighted by molar-refractivity contribution is 4.95. The van der Waals surface area contributed by atoms with Gasteiger partial charge in [0.1, 0.15) is 0 Å². The Hall–Kier alpha value is -0.160. The molecule has 0 saturated carbocycles. The lowest BCUT2D eigenvalue weighted by molar-refractivity contribution is 0.0482. The van der Waals surface area contributed by atoms with E-state index in [1.54, 1.807) is 0 Å². The van der Waals surface area contributed by atoms with Crippen LogP contribution in [0.5, 0.6) is 0 Å².